The predicted molar refractivity (Wildman–Crippen MR) is 92.3 cm³/mol. The molecule has 4 nitrogen and oxygen atoms in total. The summed E-state index contributed by atoms with van der Waals surface area (Å²) in [5.74, 6) is 0.830. The third-order valence-electron chi connectivity index (χ3n) is 4.20. The molecule has 22 heavy (non-hydrogen) atoms. The van der Waals surface area contributed by atoms with Crippen molar-refractivity contribution in [2.24, 2.45) is 11.8 Å². The molecular formula is C17H36O4S. The standard InChI is InChI=1S/C17H36O4S/c1-4-5-6-7-8-9-10-11-12-16(2)13-14-17(3)15-21-22(18,19)20/h16-17H,4-15H2,1-3H3,(H,18,19,20). The smallest absolute Gasteiger partial charge is 0.264 e. The van der Waals surface area contributed by atoms with Gasteiger partial charge in [-0.25, -0.2) is 4.18 Å². The molecule has 0 aromatic carbocycles. The molecule has 0 aliphatic heterocycles. The summed E-state index contributed by atoms with van der Waals surface area (Å²) in [6.07, 6.45) is 14.1. The highest BCUT2D eigenvalue weighted by Gasteiger charge is 2.11. The van der Waals surface area contributed by atoms with Gasteiger partial charge >= 0.3 is 10.4 Å². The molecule has 0 aliphatic carbocycles. The van der Waals surface area contributed by atoms with Crippen LogP contribution in [0, 0.1) is 11.8 Å². The average molecular weight is 337 g/mol. The minimum absolute atomic E-state index is 0.0727. The number of hydrogen-bond donors (Lipinski definition) is 1. The van der Waals surface area contributed by atoms with Crippen molar-refractivity contribution >= 4 is 10.4 Å². The molecule has 0 rings (SSSR count). The second-order valence-electron chi connectivity index (χ2n) is 6.76. The molecule has 0 heterocycles. The van der Waals surface area contributed by atoms with Crippen LogP contribution in [0.3, 0.4) is 0 Å². The van der Waals surface area contributed by atoms with Crippen LogP contribution < -0.4 is 0 Å². The van der Waals surface area contributed by atoms with Gasteiger partial charge in [-0.15, -0.1) is 0 Å². The maximum atomic E-state index is 10.5. The Morgan fingerprint density at radius 1 is 0.818 bits per heavy atom. The van der Waals surface area contributed by atoms with Crippen molar-refractivity contribution in [2.75, 3.05) is 6.61 Å². The second-order valence-corrected chi connectivity index (χ2v) is 7.85. The molecule has 0 fully saturated rings. The lowest BCUT2D eigenvalue weighted by Gasteiger charge is -2.15. The third-order valence-corrected chi connectivity index (χ3v) is 4.64. The highest BCUT2D eigenvalue weighted by molar-refractivity contribution is 7.80. The normalized spacial score (nSPS) is 14.9. The summed E-state index contributed by atoms with van der Waals surface area (Å²) < 4.78 is 33.9. The van der Waals surface area contributed by atoms with Crippen LogP contribution in [0.2, 0.25) is 0 Å². The Morgan fingerprint density at radius 2 is 1.32 bits per heavy atom. The molecule has 2 atom stereocenters. The van der Waals surface area contributed by atoms with Gasteiger partial charge in [0, 0.05) is 0 Å². The molecular weight excluding hydrogens is 300 g/mol. The van der Waals surface area contributed by atoms with Gasteiger partial charge < -0.3 is 0 Å². The van der Waals surface area contributed by atoms with E-state index >= 15 is 0 Å². The third kappa shape index (κ3) is 16.2. The SMILES string of the molecule is CCCCCCCCCCC(C)CCC(C)COS(=O)(=O)O. The minimum Gasteiger partial charge on any atom is -0.264 e. The van der Waals surface area contributed by atoms with E-state index in [1.54, 1.807) is 0 Å². The molecule has 0 radical (unpaired) electrons. The zero-order chi connectivity index (χ0) is 16.8. The molecule has 0 saturated carbocycles. The molecule has 0 aromatic heterocycles. The fourth-order valence-electron chi connectivity index (χ4n) is 2.63. The molecule has 134 valence electrons. The van der Waals surface area contributed by atoms with E-state index in [0.717, 1.165) is 12.8 Å². The van der Waals surface area contributed by atoms with Crippen molar-refractivity contribution < 1.29 is 17.2 Å². The van der Waals surface area contributed by atoms with Crippen molar-refractivity contribution in [1.82, 2.24) is 0 Å². The van der Waals surface area contributed by atoms with E-state index in [1.165, 1.54) is 57.8 Å². The lowest BCUT2D eigenvalue weighted by molar-refractivity contribution is 0.218. The lowest BCUT2D eigenvalue weighted by Crippen LogP contribution is -2.12. The van der Waals surface area contributed by atoms with E-state index in [-0.39, 0.29) is 12.5 Å². The van der Waals surface area contributed by atoms with Crippen molar-refractivity contribution in [3.63, 3.8) is 0 Å². The summed E-state index contributed by atoms with van der Waals surface area (Å²) in [4.78, 5) is 0. The quantitative estimate of drug-likeness (QED) is 0.322. The lowest BCUT2D eigenvalue weighted by atomic mass is 9.94. The monoisotopic (exact) mass is 336 g/mol. The van der Waals surface area contributed by atoms with Crippen LogP contribution in [0.15, 0.2) is 0 Å². The first kappa shape index (κ1) is 21.9. The number of rotatable bonds is 15. The van der Waals surface area contributed by atoms with Gasteiger partial charge in [0.1, 0.15) is 0 Å². The van der Waals surface area contributed by atoms with Gasteiger partial charge in [0.25, 0.3) is 0 Å². The maximum absolute atomic E-state index is 10.5. The van der Waals surface area contributed by atoms with Crippen molar-refractivity contribution in [3.05, 3.63) is 0 Å². The zero-order valence-corrected chi connectivity index (χ0v) is 15.5. The van der Waals surface area contributed by atoms with Gasteiger partial charge in [-0.1, -0.05) is 85.0 Å². The van der Waals surface area contributed by atoms with Gasteiger partial charge in [0.15, 0.2) is 0 Å². The van der Waals surface area contributed by atoms with Gasteiger partial charge in [0.2, 0.25) is 0 Å². The molecule has 0 aromatic rings. The van der Waals surface area contributed by atoms with E-state index in [4.69, 9.17) is 4.55 Å². The largest absolute Gasteiger partial charge is 0.397 e. The molecule has 1 N–H and O–H groups in total. The van der Waals surface area contributed by atoms with Crippen molar-refractivity contribution in [1.29, 1.82) is 0 Å². The summed E-state index contributed by atoms with van der Waals surface area (Å²) in [6.45, 7) is 6.53. The fourth-order valence-corrected chi connectivity index (χ4v) is 3.03. The summed E-state index contributed by atoms with van der Waals surface area (Å²) in [5.41, 5.74) is 0. The fraction of sp³-hybridized carbons (Fsp3) is 1.00. The molecule has 2 unspecified atom stereocenters. The number of unbranched alkanes of at least 4 members (excludes halogenated alkanes) is 7. The van der Waals surface area contributed by atoms with Gasteiger partial charge in [-0.05, 0) is 18.3 Å². The first-order valence-corrected chi connectivity index (χ1v) is 10.3. The van der Waals surface area contributed by atoms with Gasteiger partial charge in [-0.3, -0.25) is 4.55 Å². The Balaban J connectivity index is 3.44. The summed E-state index contributed by atoms with van der Waals surface area (Å²) in [5, 5.41) is 0. The summed E-state index contributed by atoms with van der Waals surface area (Å²) >= 11 is 0. The van der Waals surface area contributed by atoms with Crippen LogP contribution in [0.4, 0.5) is 0 Å². The van der Waals surface area contributed by atoms with E-state index in [9.17, 15) is 8.42 Å². The molecule has 0 amide bonds. The topological polar surface area (TPSA) is 63.6 Å². The Labute approximate surface area is 138 Å². The molecule has 0 bridgehead atoms. The Hall–Kier alpha value is -0.130. The first-order chi connectivity index (χ1) is 10.3. The van der Waals surface area contributed by atoms with E-state index < -0.39 is 10.4 Å². The molecule has 5 heteroatoms. The van der Waals surface area contributed by atoms with Crippen molar-refractivity contribution in [3.8, 4) is 0 Å². The van der Waals surface area contributed by atoms with Crippen LogP contribution in [-0.2, 0) is 14.6 Å². The molecule has 0 spiro atoms. The predicted octanol–water partition coefficient (Wildman–Crippen LogP) is 5.39. The average Bonchev–Trinajstić information content (AvgIpc) is 2.45. The Kier molecular flexibility index (Phi) is 13.2. The number of hydrogen-bond acceptors (Lipinski definition) is 3. The van der Waals surface area contributed by atoms with Gasteiger partial charge in [0.05, 0.1) is 6.61 Å². The van der Waals surface area contributed by atoms with Crippen LogP contribution in [-0.4, -0.2) is 19.6 Å². The van der Waals surface area contributed by atoms with Crippen LogP contribution in [0.5, 0.6) is 0 Å². The molecule has 0 saturated heterocycles. The van der Waals surface area contributed by atoms with E-state index in [2.05, 4.69) is 18.0 Å². The molecule has 0 aliphatic rings. The summed E-state index contributed by atoms with van der Waals surface area (Å²) in [7, 11) is -4.29. The zero-order valence-electron chi connectivity index (χ0n) is 14.7. The van der Waals surface area contributed by atoms with Gasteiger partial charge in [-0.2, -0.15) is 8.42 Å². The first-order valence-electron chi connectivity index (χ1n) is 8.97. The van der Waals surface area contributed by atoms with Crippen LogP contribution in [0.25, 0.3) is 0 Å². The Morgan fingerprint density at radius 3 is 1.86 bits per heavy atom. The van der Waals surface area contributed by atoms with Crippen LogP contribution in [0.1, 0.15) is 91.4 Å². The highest BCUT2D eigenvalue weighted by atomic mass is 32.3. The van der Waals surface area contributed by atoms with E-state index in [1.807, 2.05) is 6.92 Å². The van der Waals surface area contributed by atoms with Crippen LogP contribution >= 0.6 is 0 Å². The summed E-state index contributed by atoms with van der Waals surface area (Å²) in [6, 6.07) is 0. The second kappa shape index (κ2) is 13.3. The maximum Gasteiger partial charge on any atom is 0.397 e. The minimum atomic E-state index is -4.29. The van der Waals surface area contributed by atoms with E-state index in [0.29, 0.717) is 5.92 Å². The Bertz CT molecular complexity index is 341. The van der Waals surface area contributed by atoms with Crippen molar-refractivity contribution in [2.45, 2.75) is 91.4 Å². The highest BCUT2D eigenvalue weighted by Crippen LogP contribution is 2.19.